The van der Waals surface area contributed by atoms with Crippen LogP contribution in [0.25, 0.3) is 11.3 Å². The summed E-state index contributed by atoms with van der Waals surface area (Å²) < 4.78 is 5.79. The van der Waals surface area contributed by atoms with Crippen LogP contribution in [0, 0.1) is 0 Å². The summed E-state index contributed by atoms with van der Waals surface area (Å²) in [4.78, 5) is 15.0. The van der Waals surface area contributed by atoms with Crippen molar-refractivity contribution in [3.63, 3.8) is 0 Å². The molecule has 0 saturated heterocycles. The summed E-state index contributed by atoms with van der Waals surface area (Å²) in [6.07, 6.45) is 2.92. The molecule has 1 aliphatic heterocycles. The molecular weight excluding hydrogens is 414 g/mol. The minimum Gasteiger partial charge on any atom is -0.507 e. The predicted octanol–water partition coefficient (Wildman–Crippen LogP) is 5.57. The van der Waals surface area contributed by atoms with E-state index in [1.807, 2.05) is 36.1 Å². The van der Waals surface area contributed by atoms with Crippen LogP contribution >= 0.6 is 11.6 Å². The Balaban J connectivity index is 1.76. The molecular formula is C24H26ClN3O3. The molecule has 1 aromatic heterocycles. The number of amides is 1. The van der Waals surface area contributed by atoms with Gasteiger partial charge in [-0.3, -0.25) is 9.89 Å². The number of hydrogen-bond donors (Lipinski definition) is 2. The van der Waals surface area contributed by atoms with Crippen molar-refractivity contribution in [1.29, 1.82) is 0 Å². The average molecular weight is 440 g/mol. The Morgan fingerprint density at radius 2 is 1.94 bits per heavy atom. The maximum absolute atomic E-state index is 13.1. The van der Waals surface area contributed by atoms with Gasteiger partial charge in [0.25, 0.3) is 5.91 Å². The van der Waals surface area contributed by atoms with E-state index in [1.165, 1.54) is 6.07 Å². The highest BCUT2D eigenvalue weighted by Gasteiger charge is 2.42. The molecule has 0 fully saturated rings. The number of aromatic nitrogens is 2. The average Bonchev–Trinajstić information content (AvgIpc) is 3.30. The molecule has 1 amide bonds. The zero-order valence-electron chi connectivity index (χ0n) is 17.7. The second-order valence-corrected chi connectivity index (χ2v) is 8.13. The lowest BCUT2D eigenvalue weighted by Gasteiger charge is -2.26. The van der Waals surface area contributed by atoms with E-state index >= 15 is 0 Å². The minimum atomic E-state index is -0.306. The molecule has 1 aliphatic rings. The fourth-order valence-electron chi connectivity index (χ4n) is 4.00. The van der Waals surface area contributed by atoms with Crippen LogP contribution in [0.15, 0.2) is 42.5 Å². The van der Waals surface area contributed by atoms with Gasteiger partial charge in [-0.05, 0) is 48.7 Å². The second-order valence-electron chi connectivity index (χ2n) is 7.69. The zero-order valence-corrected chi connectivity index (χ0v) is 18.4. The molecule has 1 atom stereocenters. The maximum Gasteiger partial charge on any atom is 0.273 e. The minimum absolute atomic E-state index is 0.0681. The monoisotopic (exact) mass is 439 g/mol. The lowest BCUT2D eigenvalue weighted by atomic mass is 9.95. The number of aromatic amines is 1. The van der Waals surface area contributed by atoms with Crippen LogP contribution in [-0.2, 0) is 0 Å². The Hall–Kier alpha value is -2.99. The number of carbonyl (C=O) groups excluding carboxylic acids is 1. The fourth-order valence-corrected chi connectivity index (χ4v) is 4.17. The van der Waals surface area contributed by atoms with Crippen LogP contribution in [0.5, 0.6) is 11.5 Å². The number of aromatic hydroxyl groups is 1. The van der Waals surface area contributed by atoms with Crippen molar-refractivity contribution in [2.24, 2.45) is 0 Å². The van der Waals surface area contributed by atoms with Crippen LogP contribution in [0.2, 0.25) is 5.02 Å². The third-order valence-corrected chi connectivity index (χ3v) is 5.74. The number of nitrogens with one attached hydrogen (secondary N) is 1. The molecule has 3 aromatic rings. The molecule has 162 valence electrons. The molecule has 7 heteroatoms. The summed E-state index contributed by atoms with van der Waals surface area (Å²) in [6.45, 7) is 5.47. The van der Waals surface area contributed by atoms with Gasteiger partial charge in [-0.1, -0.05) is 44.0 Å². The van der Waals surface area contributed by atoms with Crippen molar-refractivity contribution in [2.75, 3.05) is 13.2 Å². The predicted molar refractivity (Wildman–Crippen MR) is 121 cm³/mol. The van der Waals surface area contributed by atoms with E-state index in [1.54, 1.807) is 12.1 Å². The number of fused-ring (bicyclic) bond motifs is 1. The molecule has 0 saturated carbocycles. The summed E-state index contributed by atoms with van der Waals surface area (Å²) in [5, 5.41) is 18.2. The van der Waals surface area contributed by atoms with E-state index < -0.39 is 0 Å². The highest BCUT2D eigenvalue weighted by molar-refractivity contribution is 6.31. The van der Waals surface area contributed by atoms with Crippen LogP contribution in [0.3, 0.4) is 0 Å². The van der Waals surface area contributed by atoms with E-state index in [-0.39, 0.29) is 17.7 Å². The summed E-state index contributed by atoms with van der Waals surface area (Å²) in [5.74, 6) is 0.785. The van der Waals surface area contributed by atoms with Gasteiger partial charge in [0.2, 0.25) is 0 Å². The van der Waals surface area contributed by atoms with Gasteiger partial charge < -0.3 is 14.7 Å². The maximum atomic E-state index is 13.1. The number of ether oxygens (including phenoxy) is 1. The molecule has 1 unspecified atom stereocenters. The van der Waals surface area contributed by atoms with Crippen molar-refractivity contribution >= 4 is 17.5 Å². The van der Waals surface area contributed by atoms with Crippen molar-refractivity contribution in [2.45, 2.75) is 39.2 Å². The smallest absolute Gasteiger partial charge is 0.273 e. The lowest BCUT2D eigenvalue weighted by Crippen LogP contribution is -2.30. The quantitative estimate of drug-likeness (QED) is 0.450. The molecule has 2 heterocycles. The molecule has 6 nitrogen and oxygen atoms in total. The standard InChI is InChI=1S/C24H26ClN3O3/c1-3-5-13-31-17-9-6-15(7-10-17)23-20-21(18-14-16(25)8-11-19(18)29)26-27-22(20)24(30)28(23)12-4-2/h6-11,14,23,29H,3-5,12-13H2,1-2H3,(H,26,27). The van der Waals surface area contributed by atoms with Gasteiger partial charge in [0, 0.05) is 22.7 Å². The molecule has 31 heavy (non-hydrogen) atoms. The SMILES string of the molecule is CCCCOc1ccc(C2c3c(-c4cc(Cl)ccc4O)n[nH]c3C(=O)N2CCC)cc1. The zero-order chi connectivity index (χ0) is 22.0. The van der Waals surface area contributed by atoms with Crippen LogP contribution in [0.4, 0.5) is 0 Å². The van der Waals surface area contributed by atoms with Gasteiger partial charge in [0.1, 0.15) is 22.9 Å². The third-order valence-electron chi connectivity index (χ3n) is 5.50. The largest absolute Gasteiger partial charge is 0.507 e. The normalized spacial score (nSPS) is 15.4. The number of halogens is 1. The highest BCUT2D eigenvalue weighted by atomic mass is 35.5. The lowest BCUT2D eigenvalue weighted by molar-refractivity contribution is 0.0744. The first-order valence-corrected chi connectivity index (χ1v) is 11.0. The fraction of sp³-hybridized carbons (Fsp3) is 0.333. The van der Waals surface area contributed by atoms with Crippen molar-refractivity contribution in [1.82, 2.24) is 15.1 Å². The van der Waals surface area contributed by atoms with Gasteiger partial charge >= 0.3 is 0 Å². The number of carbonyl (C=O) groups is 1. The Morgan fingerprint density at radius 1 is 1.16 bits per heavy atom. The van der Waals surface area contributed by atoms with Crippen LogP contribution < -0.4 is 4.74 Å². The number of rotatable bonds is 8. The van der Waals surface area contributed by atoms with Crippen LogP contribution in [-0.4, -0.2) is 39.3 Å². The molecule has 2 N–H and O–H groups in total. The first-order valence-electron chi connectivity index (χ1n) is 10.7. The van der Waals surface area contributed by atoms with Crippen molar-refractivity contribution < 1.29 is 14.6 Å². The van der Waals surface area contributed by atoms with Gasteiger partial charge in [0.05, 0.1) is 12.6 Å². The van der Waals surface area contributed by atoms with Crippen LogP contribution in [0.1, 0.15) is 60.8 Å². The molecule has 2 aromatic carbocycles. The first kappa shape index (κ1) is 21.2. The molecule has 0 radical (unpaired) electrons. The number of benzene rings is 2. The topological polar surface area (TPSA) is 78.5 Å². The summed E-state index contributed by atoms with van der Waals surface area (Å²) in [7, 11) is 0. The second kappa shape index (κ2) is 9.02. The number of phenols is 1. The summed E-state index contributed by atoms with van der Waals surface area (Å²) in [6, 6.07) is 12.4. The molecule has 4 rings (SSSR count). The Kier molecular flexibility index (Phi) is 6.18. The van der Waals surface area contributed by atoms with Crippen molar-refractivity contribution in [3.05, 3.63) is 64.3 Å². The van der Waals surface area contributed by atoms with Gasteiger partial charge in [-0.15, -0.1) is 0 Å². The third kappa shape index (κ3) is 4.00. The van der Waals surface area contributed by atoms with Gasteiger partial charge in [-0.2, -0.15) is 5.10 Å². The number of nitrogens with zero attached hydrogens (tertiary/aromatic N) is 2. The first-order chi connectivity index (χ1) is 15.0. The van der Waals surface area contributed by atoms with Gasteiger partial charge in [0.15, 0.2) is 0 Å². The Morgan fingerprint density at radius 3 is 2.65 bits per heavy atom. The van der Waals surface area contributed by atoms with E-state index in [9.17, 15) is 9.90 Å². The van der Waals surface area contributed by atoms with E-state index in [4.69, 9.17) is 16.3 Å². The van der Waals surface area contributed by atoms with Gasteiger partial charge in [-0.25, -0.2) is 0 Å². The summed E-state index contributed by atoms with van der Waals surface area (Å²) >= 11 is 6.17. The molecule has 0 aliphatic carbocycles. The highest BCUT2D eigenvalue weighted by Crippen LogP contribution is 2.45. The Labute approximate surface area is 186 Å². The van der Waals surface area contributed by atoms with E-state index in [0.29, 0.717) is 35.1 Å². The summed E-state index contributed by atoms with van der Waals surface area (Å²) in [5.41, 5.74) is 3.22. The molecule has 0 spiro atoms. The number of phenolic OH excluding ortho intramolecular Hbond substituents is 1. The van der Waals surface area contributed by atoms with E-state index in [0.717, 1.165) is 36.1 Å². The molecule has 0 bridgehead atoms. The number of hydrogen-bond acceptors (Lipinski definition) is 4. The number of H-pyrrole nitrogens is 1. The Bertz CT molecular complexity index is 1080. The number of unbranched alkanes of at least 4 members (excludes halogenated alkanes) is 1. The van der Waals surface area contributed by atoms with E-state index in [2.05, 4.69) is 17.1 Å². The van der Waals surface area contributed by atoms with Crippen molar-refractivity contribution in [3.8, 4) is 22.8 Å².